The van der Waals surface area contributed by atoms with Gasteiger partial charge >= 0.3 is 5.97 Å². The molecular formula is C15H22N2O3. The van der Waals surface area contributed by atoms with E-state index in [4.69, 9.17) is 10.8 Å². The average Bonchev–Trinajstić information content (AvgIpc) is 2.41. The maximum absolute atomic E-state index is 12.2. The van der Waals surface area contributed by atoms with Crippen molar-refractivity contribution in [3.05, 3.63) is 30.3 Å². The van der Waals surface area contributed by atoms with Gasteiger partial charge in [-0.05, 0) is 31.9 Å². The molecule has 0 aliphatic carbocycles. The van der Waals surface area contributed by atoms with Crippen LogP contribution in [-0.4, -0.2) is 29.6 Å². The van der Waals surface area contributed by atoms with Crippen molar-refractivity contribution in [2.45, 2.75) is 38.6 Å². The Labute approximate surface area is 119 Å². The van der Waals surface area contributed by atoms with Gasteiger partial charge in [0.1, 0.15) is 0 Å². The van der Waals surface area contributed by atoms with Gasteiger partial charge in [-0.25, -0.2) is 0 Å². The second-order valence-corrected chi connectivity index (χ2v) is 4.89. The van der Waals surface area contributed by atoms with Crippen LogP contribution in [0, 0.1) is 0 Å². The van der Waals surface area contributed by atoms with Gasteiger partial charge in [0.2, 0.25) is 5.91 Å². The molecular weight excluding hydrogens is 256 g/mol. The number of nitrogens with two attached hydrogens (primary N) is 1. The summed E-state index contributed by atoms with van der Waals surface area (Å²) in [6.45, 7) is 2.28. The molecule has 5 nitrogen and oxygen atoms in total. The van der Waals surface area contributed by atoms with Crippen LogP contribution >= 0.6 is 0 Å². The lowest BCUT2D eigenvalue weighted by molar-refractivity contribution is -0.137. The maximum atomic E-state index is 12.2. The number of rotatable bonds is 8. The van der Waals surface area contributed by atoms with Crippen LogP contribution < -0.4 is 10.6 Å². The number of anilines is 1. The number of nitrogens with zero attached hydrogens (tertiary/aromatic N) is 1. The highest BCUT2D eigenvalue weighted by Crippen LogP contribution is 2.16. The van der Waals surface area contributed by atoms with E-state index in [0.29, 0.717) is 25.8 Å². The molecule has 0 heterocycles. The third-order valence-electron chi connectivity index (χ3n) is 2.95. The predicted octanol–water partition coefficient (Wildman–Crippen LogP) is 2.01. The van der Waals surface area contributed by atoms with Gasteiger partial charge in [0, 0.05) is 31.1 Å². The molecule has 0 bridgehead atoms. The van der Waals surface area contributed by atoms with E-state index in [0.717, 1.165) is 5.69 Å². The zero-order chi connectivity index (χ0) is 15.0. The maximum Gasteiger partial charge on any atom is 0.303 e. The van der Waals surface area contributed by atoms with Crippen molar-refractivity contribution in [1.29, 1.82) is 0 Å². The summed E-state index contributed by atoms with van der Waals surface area (Å²) in [4.78, 5) is 24.5. The van der Waals surface area contributed by atoms with Crippen molar-refractivity contribution in [1.82, 2.24) is 0 Å². The second-order valence-electron chi connectivity index (χ2n) is 4.89. The summed E-state index contributed by atoms with van der Waals surface area (Å²) in [6.07, 6.45) is 1.50. The number of benzene rings is 1. The molecule has 1 atom stereocenters. The lowest BCUT2D eigenvalue weighted by Gasteiger charge is -2.23. The Bertz CT molecular complexity index is 432. The van der Waals surface area contributed by atoms with Gasteiger partial charge in [-0.15, -0.1) is 0 Å². The molecule has 0 saturated carbocycles. The summed E-state index contributed by atoms with van der Waals surface area (Å²) in [6, 6.07) is 9.28. The van der Waals surface area contributed by atoms with Gasteiger partial charge in [-0.2, -0.15) is 0 Å². The van der Waals surface area contributed by atoms with Crippen LogP contribution in [0.2, 0.25) is 0 Å². The van der Waals surface area contributed by atoms with E-state index in [1.54, 1.807) is 4.90 Å². The molecule has 0 saturated heterocycles. The number of carboxylic acid groups (broad SMARTS) is 1. The molecule has 1 amide bonds. The highest BCUT2D eigenvalue weighted by atomic mass is 16.4. The molecule has 0 spiro atoms. The van der Waals surface area contributed by atoms with Crippen LogP contribution in [0.5, 0.6) is 0 Å². The molecule has 1 unspecified atom stereocenters. The second kappa shape index (κ2) is 8.32. The monoisotopic (exact) mass is 278 g/mol. The average molecular weight is 278 g/mol. The van der Waals surface area contributed by atoms with Crippen LogP contribution in [0.25, 0.3) is 0 Å². The molecule has 1 aromatic rings. The number of carboxylic acids is 1. The van der Waals surface area contributed by atoms with Gasteiger partial charge in [-0.3, -0.25) is 9.59 Å². The summed E-state index contributed by atoms with van der Waals surface area (Å²) >= 11 is 0. The minimum absolute atomic E-state index is 0.0149. The van der Waals surface area contributed by atoms with Crippen molar-refractivity contribution in [3.8, 4) is 0 Å². The first-order chi connectivity index (χ1) is 9.50. The topological polar surface area (TPSA) is 83.6 Å². The van der Waals surface area contributed by atoms with E-state index < -0.39 is 5.97 Å². The fourth-order valence-corrected chi connectivity index (χ4v) is 1.88. The smallest absolute Gasteiger partial charge is 0.303 e. The molecule has 0 aromatic heterocycles. The van der Waals surface area contributed by atoms with Crippen molar-refractivity contribution >= 4 is 17.6 Å². The number of hydrogen-bond donors (Lipinski definition) is 2. The molecule has 0 aliphatic rings. The van der Waals surface area contributed by atoms with Crippen LogP contribution in [0.15, 0.2) is 30.3 Å². The minimum atomic E-state index is -0.846. The molecule has 110 valence electrons. The third kappa shape index (κ3) is 5.84. The number of amides is 1. The van der Waals surface area contributed by atoms with E-state index in [9.17, 15) is 9.59 Å². The van der Waals surface area contributed by atoms with Gasteiger partial charge in [0.05, 0.1) is 0 Å². The largest absolute Gasteiger partial charge is 0.481 e. The Hall–Kier alpha value is -1.88. The Morgan fingerprint density at radius 3 is 2.45 bits per heavy atom. The molecule has 3 N–H and O–H groups in total. The van der Waals surface area contributed by atoms with Crippen LogP contribution in [-0.2, 0) is 9.59 Å². The highest BCUT2D eigenvalue weighted by Gasteiger charge is 2.16. The lowest BCUT2D eigenvalue weighted by atomic mass is 10.1. The third-order valence-corrected chi connectivity index (χ3v) is 2.95. The van der Waals surface area contributed by atoms with Gasteiger partial charge in [0.15, 0.2) is 0 Å². The first kappa shape index (κ1) is 16.2. The van der Waals surface area contributed by atoms with Crippen molar-refractivity contribution in [2.75, 3.05) is 11.4 Å². The summed E-state index contributed by atoms with van der Waals surface area (Å²) < 4.78 is 0. The predicted molar refractivity (Wildman–Crippen MR) is 78.5 cm³/mol. The van der Waals surface area contributed by atoms with Crippen LogP contribution in [0.1, 0.15) is 32.6 Å². The Kier molecular flexibility index (Phi) is 6.73. The minimum Gasteiger partial charge on any atom is -0.481 e. The molecule has 0 fully saturated rings. The number of hydrogen-bond acceptors (Lipinski definition) is 3. The Balaban J connectivity index is 2.68. The van der Waals surface area contributed by atoms with Gasteiger partial charge in [-0.1, -0.05) is 18.2 Å². The normalized spacial score (nSPS) is 11.9. The molecule has 0 radical (unpaired) electrons. The molecule has 1 aromatic carbocycles. The van der Waals surface area contributed by atoms with E-state index in [1.807, 2.05) is 37.3 Å². The summed E-state index contributed by atoms with van der Waals surface area (Å²) in [5, 5.41) is 8.69. The van der Waals surface area contributed by atoms with Crippen molar-refractivity contribution in [3.63, 3.8) is 0 Å². The number of aliphatic carboxylic acids is 1. The zero-order valence-corrected chi connectivity index (χ0v) is 11.8. The van der Waals surface area contributed by atoms with Crippen molar-refractivity contribution in [2.24, 2.45) is 5.73 Å². The van der Waals surface area contributed by atoms with E-state index in [2.05, 4.69) is 0 Å². The summed E-state index contributed by atoms with van der Waals surface area (Å²) in [7, 11) is 0. The number of carbonyl (C=O) groups excluding carboxylic acids is 1. The Morgan fingerprint density at radius 1 is 1.25 bits per heavy atom. The zero-order valence-electron chi connectivity index (χ0n) is 11.8. The molecule has 5 heteroatoms. The SMILES string of the molecule is CC(N)CCC(=O)N(CCCC(=O)O)c1ccccc1. The quantitative estimate of drug-likeness (QED) is 0.762. The lowest BCUT2D eigenvalue weighted by Crippen LogP contribution is -2.33. The fourth-order valence-electron chi connectivity index (χ4n) is 1.88. The first-order valence-electron chi connectivity index (χ1n) is 6.83. The molecule has 20 heavy (non-hydrogen) atoms. The number of para-hydroxylation sites is 1. The van der Waals surface area contributed by atoms with Crippen molar-refractivity contribution < 1.29 is 14.7 Å². The van der Waals surface area contributed by atoms with E-state index in [1.165, 1.54) is 0 Å². The Morgan fingerprint density at radius 2 is 1.90 bits per heavy atom. The van der Waals surface area contributed by atoms with E-state index in [-0.39, 0.29) is 18.4 Å². The van der Waals surface area contributed by atoms with Crippen LogP contribution in [0.3, 0.4) is 0 Å². The number of carbonyl (C=O) groups is 2. The fraction of sp³-hybridized carbons (Fsp3) is 0.467. The van der Waals surface area contributed by atoms with Gasteiger partial charge < -0.3 is 15.7 Å². The summed E-state index contributed by atoms with van der Waals surface area (Å²) in [5.74, 6) is -0.861. The molecule has 1 rings (SSSR count). The molecule has 0 aliphatic heterocycles. The first-order valence-corrected chi connectivity index (χ1v) is 6.83. The highest BCUT2D eigenvalue weighted by molar-refractivity contribution is 5.93. The summed E-state index contributed by atoms with van der Waals surface area (Å²) in [5.41, 5.74) is 6.47. The van der Waals surface area contributed by atoms with Gasteiger partial charge in [0.25, 0.3) is 0 Å². The van der Waals surface area contributed by atoms with Crippen LogP contribution in [0.4, 0.5) is 5.69 Å². The standard InChI is InChI=1S/C15H22N2O3/c1-12(16)9-10-14(18)17(11-5-8-15(19)20)13-6-3-2-4-7-13/h2-4,6-7,12H,5,8-11,16H2,1H3,(H,19,20). The van der Waals surface area contributed by atoms with E-state index >= 15 is 0 Å².